The molecule has 1 rings (SSSR count). The zero-order valence-electron chi connectivity index (χ0n) is 12.0. The number of carbonyl (C=O) groups is 1. The first kappa shape index (κ1) is 20.2. The standard InChI is InChI=1S/C10H16N2O2S.C2HF3O2/c1-8(2)15(13,14)12-10-5-3-9(7-11)4-6-10;3-2(4,5)1(6)7/h3-6,8,12H,7,11H2,1-2H3;(H,6,7). The normalized spacial score (nSPS) is 11.6. The number of sulfonamides is 1. The van der Waals surface area contributed by atoms with Crippen molar-refractivity contribution < 1.29 is 37.2 Å². The van der Waals surface area contributed by atoms with E-state index in [2.05, 4.69) is 10.5 Å². The third-order valence-corrected chi connectivity index (χ3v) is 4.12. The van der Waals surface area contributed by atoms with Crippen LogP contribution in [-0.4, -0.2) is 25.8 Å². The summed E-state index contributed by atoms with van der Waals surface area (Å²) in [7, 11) is -3.24. The Morgan fingerprint density at radius 1 is 1.27 bits per heavy atom. The van der Waals surface area contributed by atoms with Gasteiger partial charge in [-0.15, -0.1) is 0 Å². The summed E-state index contributed by atoms with van der Waals surface area (Å²) in [5.41, 5.74) is 5.43. The Balaban J connectivity index is 0.000000534. The molecule has 0 saturated heterocycles. The van der Waals surface area contributed by atoms with Crippen molar-refractivity contribution in [1.29, 1.82) is 0 Å². The topological polar surface area (TPSA) is 114 Å². The van der Waals surface area contributed by atoms with Crippen LogP contribution in [0.4, 0.5) is 18.9 Å². The fourth-order valence-corrected chi connectivity index (χ4v) is 1.72. The summed E-state index contributed by atoms with van der Waals surface area (Å²) in [5, 5.41) is 8.36. The molecule has 0 spiro atoms. The second-order valence-electron chi connectivity index (χ2n) is 4.43. The molecule has 0 aliphatic rings. The monoisotopic (exact) mass is 342 g/mol. The van der Waals surface area contributed by atoms with E-state index < -0.39 is 27.4 Å². The second kappa shape index (κ2) is 7.99. The molecule has 10 heteroatoms. The molecule has 1 aromatic rings. The van der Waals surface area contributed by atoms with Crippen LogP contribution in [0.2, 0.25) is 0 Å². The van der Waals surface area contributed by atoms with Crippen LogP contribution in [0, 0.1) is 0 Å². The van der Waals surface area contributed by atoms with Gasteiger partial charge in [-0.25, -0.2) is 8.42 Å². The summed E-state index contributed by atoms with van der Waals surface area (Å²) in [6, 6.07) is 7.23. The molecule has 1 aromatic carbocycles. The van der Waals surface area contributed by atoms with Gasteiger partial charge in [0.15, 0.2) is 0 Å². The number of carboxylic acids is 1. The molecule has 0 aliphatic carbocycles. The van der Waals surface area contributed by atoms with E-state index in [1.807, 2.05) is 12.1 Å². The molecule has 0 bridgehead atoms. The predicted octanol–water partition coefficient (Wildman–Crippen LogP) is -0.123. The molecule has 6 nitrogen and oxygen atoms in total. The van der Waals surface area contributed by atoms with Crippen molar-refractivity contribution in [3.63, 3.8) is 0 Å². The van der Waals surface area contributed by atoms with Crippen molar-refractivity contribution in [3.05, 3.63) is 29.8 Å². The van der Waals surface area contributed by atoms with Crippen LogP contribution >= 0.6 is 0 Å². The molecular weight excluding hydrogens is 325 g/mol. The van der Waals surface area contributed by atoms with Gasteiger partial charge >= 0.3 is 6.18 Å². The van der Waals surface area contributed by atoms with Crippen LogP contribution < -0.4 is 15.6 Å². The maximum absolute atomic E-state index is 11.5. The molecule has 0 heterocycles. The third kappa shape index (κ3) is 7.27. The highest BCUT2D eigenvalue weighted by molar-refractivity contribution is 7.93. The highest BCUT2D eigenvalue weighted by Crippen LogP contribution is 2.13. The zero-order valence-corrected chi connectivity index (χ0v) is 12.8. The summed E-state index contributed by atoms with van der Waals surface area (Å²) < 4.78 is 57.1. The van der Waals surface area contributed by atoms with Gasteiger partial charge in [-0.1, -0.05) is 12.1 Å². The molecule has 22 heavy (non-hydrogen) atoms. The molecular formula is C12H17F3N2O4S. The van der Waals surface area contributed by atoms with E-state index in [4.69, 9.17) is 9.90 Å². The molecule has 0 aromatic heterocycles. The van der Waals surface area contributed by atoms with Crippen molar-refractivity contribution in [2.24, 2.45) is 0 Å². The summed E-state index contributed by atoms with van der Waals surface area (Å²) >= 11 is 0. The van der Waals surface area contributed by atoms with Crippen molar-refractivity contribution in [2.45, 2.75) is 31.8 Å². The highest BCUT2D eigenvalue weighted by atomic mass is 32.2. The van der Waals surface area contributed by atoms with Crippen LogP contribution in [0.1, 0.15) is 19.4 Å². The van der Waals surface area contributed by atoms with Gasteiger partial charge in [0.25, 0.3) is 0 Å². The van der Waals surface area contributed by atoms with Crippen LogP contribution in [0.25, 0.3) is 0 Å². The Morgan fingerprint density at radius 2 is 1.68 bits per heavy atom. The summed E-state index contributed by atoms with van der Waals surface area (Å²) in [4.78, 5) is 8.78. The molecule has 0 saturated carbocycles. The van der Waals surface area contributed by atoms with Gasteiger partial charge in [-0.05, 0) is 26.0 Å². The van der Waals surface area contributed by atoms with E-state index >= 15 is 0 Å². The lowest BCUT2D eigenvalue weighted by molar-refractivity contribution is -0.386. The van der Waals surface area contributed by atoms with Crippen LogP contribution in [0.3, 0.4) is 0 Å². The summed E-state index contributed by atoms with van der Waals surface area (Å²) in [5.74, 6) is -3.01. The van der Waals surface area contributed by atoms with Crippen molar-refractivity contribution >= 4 is 21.7 Å². The lowest BCUT2D eigenvalue weighted by atomic mass is 10.2. The second-order valence-corrected chi connectivity index (χ2v) is 6.66. The number of nitrogens with one attached hydrogen (secondary N) is 1. The Bertz CT molecular complexity index is 583. The lowest BCUT2D eigenvalue weighted by Gasteiger charge is -2.10. The van der Waals surface area contributed by atoms with Gasteiger partial charge in [-0.3, -0.25) is 4.72 Å². The smallest absolute Gasteiger partial charge is 0.430 e. The van der Waals surface area contributed by atoms with E-state index in [0.29, 0.717) is 12.2 Å². The molecule has 0 atom stereocenters. The van der Waals surface area contributed by atoms with Crippen molar-refractivity contribution in [2.75, 3.05) is 4.72 Å². The highest BCUT2D eigenvalue weighted by Gasteiger charge is 2.28. The molecule has 0 radical (unpaired) electrons. The first-order chi connectivity index (χ1) is 9.90. The van der Waals surface area contributed by atoms with Gasteiger partial charge in [-0.2, -0.15) is 13.2 Å². The Kier molecular flexibility index (Phi) is 7.33. The van der Waals surface area contributed by atoms with Crippen LogP contribution in [0.5, 0.6) is 0 Å². The minimum absolute atomic E-state index is 0.426. The Hall–Kier alpha value is -1.81. The largest absolute Gasteiger partial charge is 0.542 e. The number of hydrogen-bond donors (Lipinski definition) is 2. The number of halogens is 3. The number of anilines is 1. The summed E-state index contributed by atoms with van der Waals surface area (Å²) in [6.45, 7) is 4.00. The molecule has 0 aliphatic heterocycles. The fourth-order valence-electron chi connectivity index (χ4n) is 1.02. The quantitative estimate of drug-likeness (QED) is 0.794. The number of aliphatic carboxylic acids is 1. The van der Waals surface area contributed by atoms with Gasteiger partial charge in [0, 0.05) is 11.3 Å². The number of quaternary nitrogens is 1. The molecule has 0 fully saturated rings. The van der Waals surface area contributed by atoms with Gasteiger partial charge < -0.3 is 15.6 Å². The van der Waals surface area contributed by atoms with E-state index in [-0.39, 0.29) is 0 Å². The van der Waals surface area contributed by atoms with E-state index in [9.17, 15) is 21.6 Å². The number of alkyl halides is 3. The zero-order chi connectivity index (χ0) is 17.6. The van der Waals surface area contributed by atoms with Crippen molar-refractivity contribution in [1.82, 2.24) is 0 Å². The van der Waals surface area contributed by atoms with Crippen molar-refractivity contribution in [3.8, 4) is 0 Å². The minimum Gasteiger partial charge on any atom is -0.542 e. The number of carbonyl (C=O) groups excluding carboxylic acids is 1. The van der Waals surface area contributed by atoms with E-state index in [0.717, 1.165) is 5.56 Å². The average molecular weight is 342 g/mol. The van der Waals surface area contributed by atoms with Gasteiger partial charge in [0.05, 0.1) is 11.8 Å². The number of rotatable bonds is 4. The molecule has 0 unspecified atom stereocenters. The number of carboxylic acid groups (broad SMARTS) is 1. The fraction of sp³-hybridized carbons (Fsp3) is 0.417. The average Bonchev–Trinajstić information content (AvgIpc) is 2.38. The molecule has 4 N–H and O–H groups in total. The maximum atomic E-state index is 11.5. The van der Waals surface area contributed by atoms with Crippen LogP contribution in [-0.2, 0) is 21.4 Å². The maximum Gasteiger partial charge on any atom is 0.430 e. The molecule has 126 valence electrons. The lowest BCUT2D eigenvalue weighted by Crippen LogP contribution is -2.47. The third-order valence-electron chi connectivity index (χ3n) is 2.35. The van der Waals surface area contributed by atoms with Gasteiger partial charge in [0.2, 0.25) is 10.0 Å². The first-order valence-corrected chi connectivity index (χ1v) is 7.62. The van der Waals surface area contributed by atoms with Crippen LogP contribution in [0.15, 0.2) is 24.3 Å². The predicted molar refractivity (Wildman–Crippen MR) is 71.8 cm³/mol. The number of hydrogen-bond acceptors (Lipinski definition) is 4. The first-order valence-electron chi connectivity index (χ1n) is 6.08. The number of benzene rings is 1. The van der Waals surface area contributed by atoms with E-state index in [1.165, 1.54) is 0 Å². The Morgan fingerprint density at radius 3 is 1.95 bits per heavy atom. The minimum atomic E-state index is -5.19. The van der Waals surface area contributed by atoms with E-state index in [1.54, 1.807) is 26.0 Å². The SMILES string of the molecule is CC(C)S(=O)(=O)Nc1ccc(C[NH3+])cc1.O=C([O-])C(F)(F)F. The Labute approximate surface area is 126 Å². The molecule has 0 amide bonds. The van der Waals surface area contributed by atoms with Gasteiger partial charge in [0.1, 0.15) is 5.97 Å². The summed E-state index contributed by atoms with van der Waals surface area (Å²) in [6.07, 6.45) is -5.19.